The molecule has 1 aromatic rings. The molecule has 1 rings (SSSR count). The maximum Gasteiger partial charge on any atom is 0.306 e. The van der Waals surface area contributed by atoms with Crippen LogP contribution >= 0.6 is 0 Å². The fourth-order valence-electron chi connectivity index (χ4n) is 1.79. The Morgan fingerprint density at radius 2 is 2.12 bits per heavy atom. The number of carboxylic acids is 1. The molecule has 0 saturated carbocycles. The Balaban J connectivity index is 2.90. The van der Waals surface area contributed by atoms with E-state index in [1.165, 1.54) is 12.1 Å². The molecule has 2 unspecified atom stereocenters. The van der Waals surface area contributed by atoms with E-state index in [0.29, 0.717) is 6.42 Å². The first kappa shape index (κ1) is 13.6. The predicted octanol–water partition coefficient (Wildman–Crippen LogP) is 2.54. The minimum atomic E-state index is -0.826. The summed E-state index contributed by atoms with van der Waals surface area (Å²) in [4.78, 5) is 12.8. The van der Waals surface area contributed by atoms with Crippen molar-refractivity contribution in [2.75, 3.05) is 14.1 Å². The minimum absolute atomic E-state index is 0.0863. The number of aliphatic carboxylic acids is 1. The van der Waals surface area contributed by atoms with Gasteiger partial charge in [0.15, 0.2) is 0 Å². The van der Waals surface area contributed by atoms with Gasteiger partial charge in [0.05, 0.1) is 5.92 Å². The summed E-state index contributed by atoms with van der Waals surface area (Å²) in [6, 6.07) is 6.22. The monoisotopic (exact) mass is 239 g/mol. The van der Waals surface area contributed by atoms with Gasteiger partial charge in [-0.15, -0.1) is 0 Å². The molecule has 0 heterocycles. The minimum Gasteiger partial charge on any atom is -0.481 e. The lowest BCUT2D eigenvalue weighted by Crippen LogP contribution is -2.24. The number of hydrogen-bond acceptors (Lipinski definition) is 2. The quantitative estimate of drug-likeness (QED) is 0.858. The second-order valence-electron chi connectivity index (χ2n) is 4.51. The van der Waals surface area contributed by atoms with E-state index in [1.807, 2.05) is 25.1 Å². The molecule has 0 amide bonds. The van der Waals surface area contributed by atoms with Crippen LogP contribution in [0.4, 0.5) is 4.39 Å². The van der Waals surface area contributed by atoms with Gasteiger partial charge >= 0.3 is 5.97 Å². The first-order chi connectivity index (χ1) is 7.91. The van der Waals surface area contributed by atoms with Gasteiger partial charge < -0.3 is 10.0 Å². The van der Waals surface area contributed by atoms with Crippen LogP contribution in [0, 0.1) is 11.7 Å². The zero-order valence-corrected chi connectivity index (χ0v) is 10.4. The van der Waals surface area contributed by atoms with E-state index < -0.39 is 11.9 Å². The highest BCUT2D eigenvalue weighted by Crippen LogP contribution is 2.26. The molecule has 1 N–H and O–H groups in total. The van der Waals surface area contributed by atoms with Gasteiger partial charge in [-0.1, -0.05) is 19.1 Å². The van der Waals surface area contributed by atoms with Crippen molar-refractivity contribution in [1.82, 2.24) is 4.90 Å². The third-order valence-corrected chi connectivity index (χ3v) is 2.86. The third kappa shape index (κ3) is 3.82. The van der Waals surface area contributed by atoms with Crippen LogP contribution in [0.25, 0.3) is 0 Å². The highest BCUT2D eigenvalue weighted by atomic mass is 19.1. The molecular weight excluding hydrogens is 221 g/mol. The maximum absolute atomic E-state index is 13.2. The Kier molecular flexibility index (Phi) is 4.63. The van der Waals surface area contributed by atoms with Crippen molar-refractivity contribution < 1.29 is 14.3 Å². The normalized spacial score (nSPS) is 14.6. The fourth-order valence-corrected chi connectivity index (χ4v) is 1.79. The Labute approximate surface area is 101 Å². The van der Waals surface area contributed by atoms with Crippen LogP contribution in [0.2, 0.25) is 0 Å². The Morgan fingerprint density at radius 3 is 2.59 bits per heavy atom. The summed E-state index contributed by atoms with van der Waals surface area (Å²) in [5.74, 6) is -1.57. The molecule has 0 bridgehead atoms. The maximum atomic E-state index is 13.2. The molecule has 17 heavy (non-hydrogen) atoms. The van der Waals surface area contributed by atoms with Crippen LogP contribution in [0.1, 0.15) is 24.9 Å². The van der Waals surface area contributed by atoms with Gasteiger partial charge in [-0.2, -0.15) is 0 Å². The van der Waals surface area contributed by atoms with Gasteiger partial charge in [-0.25, -0.2) is 4.39 Å². The van der Waals surface area contributed by atoms with Crippen LogP contribution in [-0.2, 0) is 4.79 Å². The van der Waals surface area contributed by atoms with Crippen molar-refractivity contribution in [3.8, 4) is 0 Å². The smallest absolute Gasteiger partial charge is 0.306 e. The Morgan fingerprint density at radius 1 is 1.47 bits per heavy atom. The number of carbonyl (C=O) groups is 1. The van der Waals surface area contributed by atoms with Crippen molar-refractivity contribution in [2.24, 2.45) is 5.92 Å². The number of rotatable bonds is 5. The van der Waals surface area contributed by atoms with Crippen LogP contribution in [0.3, 0.4) is 0 Å². The van der Waals surface area contributed by atoms with Gasteiger partial charge in [-0.3, -0.25) is 4.79 Å². The van der Waals surface area contributed by atoms with E-state index in [-0.39, 0.29) is 11.9 Å². The van der Waals surface area contributed by atoms with Crippen molar-refractivity contribution in [1.29, 1.82) is 0 Å². The van der Waals surface area contributed by atoms with E-state index in [1.54, 1.807) is 13.0 Å². The molecule has 0 aromatic heterocycles. The SMILES string of the molecule is CC(CC(c1cccc(F)c1)N(C)C)C(=O)O. The number of hydrogen-bond donors (Lipinski definition) is 1. The standard InChI is InChI=1S/C13H18FNO2/c1-9(13(16)17)7-12(15(2)3)10-5-4-6-11(14)8-10/h4-6,8-9,12H,7H2,1-3H3,(H,16,17). The van der Waals surface area contributed by atoms with Crippen LogP contribution < -0.4 is 0 Å². The van der Waals surface area contributed by atoms with Gasteiger partial charge in [0.2, 0.25) is 0 Å². The molecule has 0 aliphatic rings. The van der Waals surface area contributed by atoms with Gasteiger partial charge in [0, 0.05) is 6.04 Å². The van der Waals surface area contributed by atoms with Gasteiger partial charge in [0.1, 0.15) is 5.82 Å². The van der Waals surface area contributed by atoms with Crippen molar-refractivity contribution in [3.63, 3.8) is 0 Å². The third-order valence-electron chi connectivity index (χ3n) is 2.86. The van der Waals surface area contributed by atoms with E-state index in [9.17, 15) is 9.18 Å². The predicted molar refractivity (Wildman–Crippen MR) is 64.2 cm³/mol. The van der Waals surface area contributed by atoms with Crippen LogP contribution in [0.5, 0.6) is 0 Å². The first-order valence-corrected chi connectivity index (χ1v) is 5.56. The Bertz CT molecular complexity index is 393. The molecule has 0 radical (unpaired) electrons. The Hall–Kier alpha value is -1.42. The summed E-state index contributed by atoms with van der Waals surface area (Å²) in [6.45, 7) is 1.66. The average molecular weight is 239 g/mol. The highest BCUT2D eigenvalue weighted by Gasteiger charge is 2.21. The fraction of sp³-hybridized carbons (Fsp3) is 0.462. The summed E-state index contributed by atoms with van der Waals surface area (Å²) in [5, 5.41) is 8.92. The molecule has 0 spiro atoms. The van der Waals surface area contributed by atoms with Crippen molar-refractivity contribution >= 4 is 5.97 Å². The van der Waals surface area contributed by atoms with Crippen molar-refractivity contribution in [2.45, 2.75) is 19.4 Å². The second kappa shape index (κ2) is 5.77. The second-order valence-corrected chi connectivity index (χ2v) is 4.51. The zero-order valence-electron chi connectivity index (χ0n) is 10.4. The summed E-state index contributed by atoms with van der Waals surface area (Å²) in [5.41, 5.74) is 0.808. The molecular formula is C13H18FNO2. The van der Waals surface area contributed by atoms with E-state index in [2.05, 4.69) is 0 Å². The number of halogens is 1. The van der Waals surface area contributed by atoms with Gasteiger partial charge in [-0.05, 0) is 38.2 Å². The lowest BCUT2D eigenvalue weighted by molar-refractivity contribution is -0.141. The first-order valence-electron chi connectivity index (χ1n) is 5.56. The average Bonchev–Trinajstić information content (AvgIpc) is 2.24. The van der Waals surface area contributed by atoms with E-state index >= 15 is 0 Å². The number of nitrogens with zero attached hydrogens (tertiary/aromatic N) is 1. The molecule has 0 aliphatic carbocycles. The largest absolute Gasteiger partial charge is 0.481 e. The molecule has 0 saturated heterocycles. The molecule has 2 atom stereocenters. The van der Waals surface area contributed by atoms with E-state index in [0.717, 1.165) is 5.56 Å². The van der Waals surface area contributed by atoms with Gasteiger partial charge in [0.25, 0.3) is 0 Å². The molecule has 1 aromatic carbocycles. The molecule has 3 nitrogen and oxygen atoms in total. The molecule has 0 fully saturated rings. The summed E-state index contributed by atoms with van der Waals surface area (Å²) in [7, 11) is 3.73. The highest BCUT2D eigenvalue weighted by molar-refractivity contribution is 5.69. The number of benzene rings is 1. The lowest BCUT2D eigenvalue weighted by atomic mass is 9.95. The lowest BCUT2D eigenvalue weighted by Gasteiger charge is -2.26. The zero-order chi connectivity index (χ0) is 13.0. The number of carboxylic acid groups (broad SMARTS) is 1. The van der Waals surface area contributed by atoms with Crippen LogP contribution in [-0.4, -0.2) is 30.1 Å². The summed E-state index contributed by atoms with van der Waals surface area (Å²) in [6.07, 6.45) is 0.464. The topological polar surface area (TPSA) is 40.5 Å². The summed E-state index contributed by atoms with van der Waals surface area (Å²) < 4.78 is 13.2. The van der Waals surface area contributed by atoms with Crippen LogP contribution in [0.15, 0.2) is 24.3 Å². The van der Waals surface area contributed by atoms with Crippen molar-refractivity contribution in [3.05, 3.63) is 35.6 Å². The summed E-state index contributed by atoms with van der Waals surface area (Å²) >= 11 is 0. The van der Waals surface area contributed by atoms with E-state index in [4.69, 9.17) is 5.11 Å². The molecule has 0 aliphatic heterocycles. The molecule has 4 heteroatoms. The molecule has 94 valence electrons.